The van der Waals surface area contributed by atoms with E-state index in [4.69, 9.17) is 5.73 Å². The van der Waals surface area contributed by atoms with Crippen molar-refractivity contribution in [1.82, 2.24) is 9.36 Å². The highest BCUT2D eigenvalue weighted by atomic mass is 32.1. The molecule has 0 radical (unpaired) electrons. The lowest BCUT2D eigenvalue weighted by Crippen LogP contribution is -1.91. The minimum absolute atomic E-state index is 0.546. The molecule has 0 atom stereocenters. The van der Waals surface area contributed by atoms with Crippen LogP contribution in [-0.4, -0.2) is 9.36 Å². The smallest absolute Gasteiger partial charge is 0.103 e. The average molecular weight is 191 g/mol. The van der Waals surface area contributed by atoms with E-state index in [-0.39, 0.29) is 0 Å². The molecule has 2 aromatic heterocycles. The van der Waals surface area contributed by atoms with Gasteiger partial charge >= 0.3 is 0 Å². The molecule has 3 nitrogen and oxygen atoms in total. The molecule has 0 fully saturated rings. The minimum atomic E-state index is 0.546. The summed E-state index contributed by atoms with van der Waals surface area (Å²) >= 11 is 1.43. The molecule has 2 aromatic rings. The van der Waals surface area contributed by atoms with Crippen LogP contribution in [0.2, 0.25) is 0 Å². The lowest BCUT2D eigenvalue weighted by atomic mass is 10.2. The van der Waals surface area contributed by atoms with Crippen molar-refractivity contribution in [2.45, 2.75) is 6.54 Å². The molecule has 0 aliphatic rings. The third-order valence-electron chi connectivity index (χ3n) is 1.69. The van der Waals surface area contributed by atoms with Crippen molar-refractivity contribution in [1.29, 1.82) is 0 Å². The maximum Gasteiger partial charge on any atom is 0.103 e. The highest BCUT2D eigenvalue weighted by molar-refractivity contribution is 7.06. The van der Waals surface area contributed by atoms with E-state index in [1.165, 1.54) is 11.5 Å². The van der Waals surface area contributed by atoms with Crippen LogP contribution in [0.25, 0.3) is 11.4 Å². The molecule has 66 valence electrons. The Bertz CT molecular complexity index is 383. The van der Waals surface area contributed by atoms with Crippen LogP contribution in [0.5, 0.6) is 0 Å². The lowest BCUT2D eigenvalue weighted by Gasteiger charge is -1.91. The van der Waals surface area contributed by atoms with E-state index in [0.29, 0.717) is 6.54 Å². The molecule has 2 rings (SSSR count). The average Bonchev–Trinajstić information content (AvgIpc) is 2.67. The second kappa shape index (κ2) is 3.64. The van der Waals surface area contributed by atoms with Crippen molar-refractivity contribution in [3.05, 3.63) is 35.3 Å². The van der Waals surface area contributed by atoms with Gasteiger partial charge in [-0.25, -0.2) is 0 Å². The number of nitrogens with two attached hydrogens (primary N) is 1. The van der Waals surface area contributed by atoms with E-state index in [0.717, 1.165) is 16.3 Å². The van der Waals surface area contributed by atoms with E-state index >= 15 is 0 Å². The summed E-state index contributed by atoms with van der Waals surface area (Å²) in [7, 11) is 0. The fourth-order valence-corrected chi connectivity index (χ4v) is 1.64. The molecular formula is C9H9N3S. The Kier molecular flexibility index (Phi) is 2.33. The number of hydrogen-bond donors (Lipinski definition) is 1. The van der Waals surface area contributed by atoms with Crippen molar-refractivity contribution in [2.24, 2.45) is 5.73 Å². The molecule has 0 bridgehead atoms. The van der Waals surface area contributed by atoms with Crippen LogP contribution in [0.4, 0.5) is 0 Å². The van der Waals surface area contributed by atoms with Gasteiger partial charge in [-0.3, -0.25) is 4.98 Å². The Labute approximate surface area is 80.4 Å². The Balaban J connectivity index is 2.36. The van der Waals surface area contributed by atoms with Gasteiger partial charge in [0, 0.05) is 17.6 Å². The number of aromatic nitrogens is 2. The monoisotopic (exact) mass is 191 g/mol. The fourth-order valence-electron chi connectivity index (χ4n) is 1.04. The zero-order chi connectivity index (χ0) is 9.10. The largest absolute Gasteiger partial charge is 0.326 e. The summed E-state index contributed by atoms with van der Waals surface area (Å²) < 4.78 is 4.26. The first-order chi connectivity index (χ1) is 6.40. The summed E-state index contributed by atoms with van der Waals surface area (Å²) in [5.41, 5.74) is 7.30. The lowest BCUT2D eigenvalue weighted by molar-refractivity contribution is 1.11. The second-order valence-corrected chi connectivity index (χ2v) is 3.49. The van der Waals surface area contributed by atoms with Crippen LogP contribution >= 0.6 is 11.5 Å². The normalized spacial score (nSPS) is 10.2. The van der Waals surface area contributed by atoms with Gasteiger partial charge in [0.1, 0.15) is 5.69 Å². The van der Waals surface area contributed by atoms with E-state index in [9.17, 15) is 0 Å². The maximum absolute atomic E-state index is 5.49. The molecule has 2 N–H and O–H groups in total. The Morgan fingerprint density at radius 3 is 2.85 bits per heavy atom. The van der Waals surface area contributed by atoms with Gasteiger partial charge in [0.25, 0.3) is 0 Å². The van der Waals surface area contributed by atoms with Crippen LogP contribution in [0.15, 0.2) is 30.5 Å². The van der Waals surface area contributed by atoms with Gasteiger partial charge in [-0.1, -0.05) is 6.07 Å². The van der Waals surface area contributed by atoms with Gasteiger partial charge in [0.2, 0.25) is 0 Å². The maximum atomic E-state index is 5.49. The predicted octanol–water partition coefficient (Wildman–Crippen LogP) is 1.66. The number of pyridine rings is 1. The Hall–Kier alpha value is -1.26. The zero-order valence-corrected chi connectivity index (χ0v) is 7.79. The van der Waals surface area contributed by atoms with Crippen LogP contribution in [0.3, 0.4) is 0 Å². The summed E-state index contributed by atoms with van der Waals surface area (Å²) in [6.45, 7) is 0.546. The topological polar surface area (TPSA) is 51.8 Å². The van der Waals surface area contributed by atoms with Crippen molar-refractivity contribution in [3.8, 4) is 11.4 Å². The summed E-state index contributed by atoms with van der Waals surface area (Å²) in [5.74, 6) is 0. The highest BCUT2D eigenvalue weighted by Crippen LogP contribution is 2.18. The third kappa shape index (κ3) is 1.74. The van der Waals surface area contributed by atoms with Crippen molar-refractivity contribution >= 4 is 11.5 Å². The van der Waals surface area contributed by atoms with E-state index in [1.54, 1.807) is 6.20 Å². The highest BCUT2D eigenvalue weighted by Gasteiger charge is 2.02. The molecule has 0 aromatic carbocycles. The molecule has 0 unspecified atom stereocenters. The van der Waals surface area contributed by atoms with E-state index in [1.807, 2.05) is 24.3 Å². The van der Waals surface area contributed by atoms with Gasteiger partial charge in [0.15, 0.2) is 0 Å². The van der Waals surface area contributed by atoms with E-state index in [2.05, 4.69) is 9.36 Å². The minimum Gasteiger partial charge on any atom is -0.326 e. The molecule has 0 saturated heterocycles. The van der Waals surface area contributed by atoms with Gasteiger partial charge in [-0.2, -0.15) is 4.37 Å². The van der Waals surface area contributed by atoms with Crippen LogP contribution in [-0.2, 0) is 6.54 Å². The van der Waals surface area contributed by atoms with Crippen molar-refractivity contribution in [3.63, 3.8) is 0 Å². The number of rotatable bonds is 2. The summed E-state index contributed by atoms with van der Waals surface area (Å²) in [5, 5.41) is 0. The van der Waals surface area contributed by atoms with Crippen LogP contribution in [0.1, 0.15) is 4.88 Å². The van der Waals surface area contributed by atoms with Crippen molar-refractivity contribution < 1.29 is 0 Å². The standard InChI is InChI=1S/C9H9N3S/c10-6-7-5-9(12-13-7)8-3-1-2-4-11-8/h1-5H,6,10H2. The Morgan fingerprint density at radius 1 is 1.31 bits per heavy atom. The van der Waals surface area contributed by atoms with Crippen molar-refractivity contribution in [2.75, 3.05) is 0 Å². The molecule has 0 amide bonds. The SMILES string of the molecule is NCc1cc(-c2ccccn2)ns1. The molecule has 0 aliphatic carbocycles. The number of hydrogen-bond acceptors (Lipinski definition) is 4. The van der Waals surface area contributed by atoms with Crippen LogP contribution in [0, 0.1) is 0 Å². The molecule has 0 saturated carbocycles. The molecule has 13 heavy (non-hydrogen) atoms. The molecule has 0 aliphatic heterocycles. The fraction of sp³-hybridized carbons (Fsp3) is 0.111. The second-order valence-electron chi connectivity index (χ2n) is 2.60. The predicted molar refractivity (Wildman–Crippen MR) is 53.2 cm³/mol. The molecule has 0 spiro atoms. The molecule has 4 heteroatoms. The van der Waals surface area contributed by atoms with Gasteiger partial charge in [-0.05, 0) is 29.7 Å². The Morgan fingerprint density at radius 2 is 2.23 bits per heavy atom. The summed E-state index contributed by atoms with van der Waals surface area (Å²) in [6, 6.07) is 7.76. The van der Waals surface area contributed by atoms with Gasteiger partial charge in [0.05, 0.1) is 5.69 Å². The van der Waals surface area contributed by atoms with Crippen LogP contribution < -0.4 is 5.73 Å². The third-order valence-corrected chi connectivity index (χ3v) is 2.49. The summed E-state index contributed by atoms with van der Waals surface area (Å²) in [6.07, 6.45) is 1.76. The first-order valence-electron chi connectivity index (χ1n) is 3.97. The molecule has 2 heterocycles. The first-order valence-corrected chi connectivity index (χ1v) is 4.74. The molecular weight excluding hydrogens is 182 g/mol. The zero-order valence-electron chi connectivity index (χ0n) is 6.97. The number of nitrogens with zero attached hydrogens (tertiary/aromatic N) is 2. The quantitative estimate of drug-likeness (QED) is 0.785. The first kappa shape index (κ1) is 8.34. The van der Waals surface area contributed by atoms with E-state index < -0.39 is 0 Å². The van der Waals surface area contributed by atoms with Gasteiger partial charge in [-0.15, -0.1) is 0 Å². The van der Waals surface area contributed by atoms with Gasteiger partial charge < -0.3 is 5.73 Å². The summed E-state index contributed by atoms with van der Waals surface area (Å²) in [4.78, 5) is 5.28.